The molecule has 4 heteroatoms. The van der Waals surface area contributed by atoms with Gasteiger partial charge < -0.3 is 5.73 Å². The molecule has 0 bridgehead atoms. The van der Waals surface area contributed by atoms with Crippen LogP contribution in [0.4, 0.5) is 0 Å². The minimum atomic E-state index is -0.144. The van der Waals surface area contributed by atoms with E-state index in [-0.39, 0.29) is 5.56 Å². The first-order valence-electron chi connectivity index (χ1n) is 5.90. The van der Waals surface area contributed by atoms with Crippen molar-refractivity contribution in [3.8, 4) is 5.69 Å². The van der Waals surface area contributed by atoms with Gasteiger partial charge in [0, 0.05) is 12.6 Å². The van der Waals surface area contributed by atoms with E-state index in [1.54, 1.807) is 6.07 Å². The highest BCUT2D eigenvalue weighted by molar-refractivity contribution is 5.42. The van der Waals surface area contributed by atoms with Crippen LogP contribution in [0.15, 0.2) is 29.1 Å². The van der Waals surface area contributed by atoms with Crippen LogP contribution >= 0.6 is 0 Å². The van der Waals surface area contributed by atoms with Gasteiger partial charge in [-0.25, -0.2) is 0 Å². The third-order valence-corrected chi connectivity index (χ3v) is 3.03. The second kappa shape index (κ2) is 4.74. The molecule has 0 aliphatic carbocycles. The van der Waals surface area contributed by atoms with E-state index in [1.807, 2.05) is 39.0 Å². The van der Waals surface area contributed by atoms with Gasteiger partial charge in [0.1, 0.15) is 0 Å². The number of nitrogens with two attached hydrogens (primary N) is 1. The smallest absolute Gasteiger partial charge is 0.271 e. The molecule has 0 aliphatic rings. The number of nitrogens with zero attached hydrogens (tertiary/aromatic N) is 2. The SMILES string of the molecule is Cc1ccc(C)c(-n2nc(C)c(CN)cc2=O)c1. The van der Waals surface area contributed by atoms with Crippen molar-refractivity contribution < 1.29 is 0 Å². The van der Waals surface area contributed by atoms with Crippen molar-refractivity contribution in [2.45, 2.75) is 27.3 Å². The largest absolute Gasteiger partial charge is 0.326 e. The molecule has 4 nitrogen and oxygen atoms in total. The fourth-order valence-electron chi connectivity index (χ4n) is 1.90. The topological polar surface area (TPSA) is 60.9 Å². The quantitative estimate of drug-likeness (QED) is 0.871. The lowest BCUT2D eigenvalue weighted by atomic mass is 10.1. The number of hydrogen-bond donors (Lipinski definition) is 1. The van der Waals surface area contributed by atoms with Crippen molar-refractivity contribution in [1.82, 2.24) is 9.78 Å². The summed E-state index contributed by atoms with van der Waals surface area (Å²) in [5, 5.41) is 4.34. The van der Waals surface area contributed by atoms with Crippen LogP contribution in [0.1, 0.15) is 22.4 Å². The predicted molar refractivity (Wildman–Crippen MR) is 71.9 cm³/mol. The first-order chi connectivity index (χ1) is 8.52. The monoisotopic (exact) mass is 243 g/mol. The molecule has 1 heterocycles. The van der Waals surface area contributed by atoms with Crippen molar-refractivity contribution in [3.05, 3.63) is 57.0 Å². The highest BCUT2D eigenvalue weighted by Crippen LogP contribution is 2.14. The average Bonchev–Trinajstić information content (AvgIpc) is 2.35. The van der Waals surface area contributed by atoms with Gasteiger partial charge in [-0.2, -0.15) is 9.78 Å². The Labute approximate surface area is 106 Å². The number of benzene rings is 1. The molecule has 0 unspecified atom stereocenters. The first-order valence-corrected chi connectivity index (χ1v) is 5.90. The predicted octanol–water partition coefficient (Wildman–Crippen LogP) is 1.62. The lowest BCUT2D eigenvalue weighted by molar-refractivity contribution is 0.762. The van der Waals surface area contributed by atoms with Gasteiger partial charge in [-0.05, 0) is 43.5 Å². The van der Waals surface area contributed by atoms with Crippen molar-refractivity contribution in [1.29, 1.82) is 0 Å². The van der Waals surface area contributed by atoms with Crippen molar-refractivity contribution in [2.75, 3.05) is 0 Å². The molecule has 0 saturated heterocycles. The molecule has 0 amide bonds. The van der Waals surface area contributed by atoms with E-state index < -0.39 is 0 Å². The summed E-state index contributed by atoms with van der Waals surface area (Å²) in [5.74, 6) is 0. The summed E-state index contributed by atoms with van der Waals surface area (Å²) in [5.41, 5.74) is 9.96. The molecule has 0 saturated carbocycles. The molecule has 2 N–H and O–H groups in total. The maximum Gasteiger partial charge on any atom is 0.271 e. The molecule has 94 valence electrons. The normalized spacial score (nSPS) is 10.7. The maximum atomic E-state index is 12.1. The Morgan fingerprint density at radius 3 is 2.61 bits per heavy atom. The summed E-state index contributed by atoms with van der Waals surface area (Å²) in [4.78, 5) is 12.1. The Hall–Kier alpha value is -1.94. The van der Waals surface area contributed by atoms with E-state index in [9.17, 15) is 4.79 Å². The van der Waals surface area contributed by atoms with E-state index in [0.29, 0.717) is 6.54 Å². The minimum Gasteiger partial charge on any atom is -0.326 e. The molecule has 1 aromatic heterocycles. The van der Waals surface area contributed by atoms with E-state index in [2.05, 4.69) is 5.10 Å². The lowest BCUT2D eigenvalue weighted by Gasteiger charge is -2.11. The van der Waals surface area contributed by atoms with Gasteiger partial charge in [-0.15, -0.1) is 0 Å². The third kappa shape index (κ3) is 2.19. The number of aryl methyl sites for hydroxylation is 3. The number of rotatable bonds is 2. The van der Waals surface area contributed by atoms with Crippen LogP contribution in [0, 0.1) is 20.8 Å². The first kappa shape index (κ1) is 12.5. The van der Waals surface area contributed by atoms with Gasteiger partial charge in [0.05, 0.1) is 11.4 Å². The Morgan fingerprint density at radius 2 is 1.94 bits per heavy atom. The molecule has 2 rings (SSSR count). The van der Waals surface area contributed by atoms with Gasteiger partial charge in [-0.3, -0.25) is 4.79 Å². The Morgan fingerprint density at radius 1 is 1.22 bits per heavy atom. The zero-order valence-electron chi connectivity index (χ0n) is 10.9. The highest BCUT2D eigenvalue weighted by atomic mass is 16.1. The fourth-order valence-corrected chi connectivity index (χ4v) is 1.90. The Kier molecular flexibility index (Phi) is 3.30. The summed E-state index contributed by atoms with van der Waals surface area (Å²) in [6.07, 6.45) is 0. The molecule has 18 heavy (non-hydrogen) atoms. The second-order valence-corrected chi connectivity index (χ2v) is 4.50. The molecule has 1 aromatic carbocycles. The zero-order chi connectivity index (χ0) is 13.3. The van der Waals surface area contributed by atoms with Gasteiger partial charge >= 0.3 is 0 Å². The number of hydrogen-bond acceptors (Lipinski definition) is 3. The third-order valence-electron chi connectivity index (χ3n) is 3.03. The van der Waals surface area contributed by atoms with Crippen LogP contribution in [0.2, 0.25) is 0 Å². The summed E-state index contributed by atoms with van der Waals surface area (Å²) < 4.78 is 1.44. The van der Waals surface area contributed by atoms with Crippen LogP contribution in [-0.4, -0.2) is 9.78 Å². The van der Waals surface area contributed by atoms with Crippen LogP contribution < -0.4 is 11.3 Å². The Bertz CT molecular complexity index is 644. The zero-order valence-corrected chi connectivity index (χ0v) is 10.9. The summed E-state index contributed by atoms with van der Waals surface area (Å²) in [6.45, 7) is 6.16. The molecule has 0 atom stereocenters. The van der Waals surface area contributed by atoms with E-state index in [0.717, 1.165) is 28.1 Å². The molecular weight excluding hydrogens is 226 g/mol. The average molecular weight is 243 g/mol. The lowest BCUT2D eigenvalue weighted by Crippen LogP contribution is -2.24. The minimum absolute atomic E-state index is 0.144. The van der Waals surface area contributed by atoms with Crippen LogP contribution in [0.5, 0.6) is 0 Å². The summed E-state index contributed by atoms with van der Waals surface area (Å²) in [7, 11) is 0. The standard InChI is InChI=1S/C14H17N3O/c1-9-4-5-10(2)13(6-9)17-14(18)7-12(8-15)11(3)16-17/h4-7H,8,15H2,1-3H3. The molecule has 0 spiro atoms. The van der Waals surface area contributed by atoms with E-state index in [4.69, 9.17) is 5.73 Å². The molecule has 0 radical (unpaired) electrons. The number of aromatic nitrogens is 2. The highest BCUT2D eigenvalue weighted by Gasteiger charge is 2.08. The van der Waals surface area contributed by atoms with Crippen molar-refractivity contribution in [3.63, 3.8) is 0 Å². The maximum absolute atomic E-state index is 12.1. The molecule has 0 fully saturated rings. The van der Waals surface area contributed by atoms with Gasteiger partial charge in [0.15, 0.2) is 0 Å². The van der Waals surface area contributed by atoms with Gasteiger partial charge in [0.25, 0.3) is 5.56 Å². The van der Waals surface area contributed by atoms with Crippen molar-refractivity contribution >= 4 is 0 Å². The molecule has 2 aromatic rings. The summed E-state index contributed by atoms with van der Waals surface area (Å²) >= 11 is 0. The fraction of sp³-hybridized carbons (Fsp3) is 0.286. The Balaban J connectivity index is 2.68. The van der Waals surface area contributed by atoms with Crippen LogP contribution in [-0.2, 0) is 6.54 Å². The molecular formula is C14H17N3O. The van der Waals surface area contributed by atoms with Crippen molar-refractivity contribution in [2.24, 2.45) is 5.73 Å². The van der Waals surface area contributed by atoms with E-state index >= 15 is 0 Å². The van der Waals surface area contributed by atoms with Crippen LogP contribution in [0.25, 0.3) is 5.69 Å². The van der Waals surface area contributed by atoms with E-state index in [1.165, 1.54) is 4.68 Å². The molecule has 0 aliphatic heterocycles. The van der Waals surface area contributed by atoms with Gasteiger partial charge in [-0.1, -0.05) is 12.1 Å². The van der Waals surface area contributed by atoms with Gasteiger partial charge in [0.2, 0.25) is 0 Å². The van der Waals surface area contributed by atoms with Crippen LogP contribution in [0.3, 0.4) is 0 Å². The second-order valence-electron chi connectivity index (χ2n) is 4.50. The summed E-state index contributed by atoms with van der Waals surface area (Å²) in [6, 6.07) is 7.53.